The SMILES string of the molecule is CCOC(=O)CCc1cccc(OCCCC(F)(F)F)c1. The number of rotatable bonds is 8. The number of carbonyl (C=O) groups is 1. The van der Waals surface area contributed by atoms with E-state index in [1.807, 2.05) is 6.07 Å². The van der Waals surface area contributed by atoms with Crippen molar-refractivity contribution in [2.75, 3.05) is 13.2 Å². The minimum Gasteiger partial charge on any atom is -0.494 e. The molecule has 0 radical (unpaired) electrons. The molecule has 0 unspecified atom stereocenters. The number of halogens is 3. The average molecular weight is 304 g/mol. The summed E-state index contributed by atoms with van der Waals surface area (Å²) in [7, 11) is 0. The Morgan fingerprint density at radius 1 is 1.29 bits per heavy atom. The van der Waals surface area contributed by atoms with Crippen molar-refractivity contribution in [2.24, 2.45) is 0 Å². The fraction of sp³-hybridized carbons (Fsp3) is 0.533. The Morgan fingerprint density at radius 3 is 2.71 bits per heavy atom. The molecule has 6 heteroatoms. The number of alkyl halides is 3. The molecule has 0 heterocycles. The second-order valence-corrected chi connectivity index (χ2v) is 4.52. The van der Waals surface area contributed by atoms with Crippen LogP contribution < -0.4 is 4.74 Å². The smallest absolute Gasteiger partial charge is 0.389 e. The first-order valence-electron chi connectivity index (χ1n) is 6.85. The maximum Gasteiger partial charge on any atom is 0.389 e. The van der Waals surface area contributed by atoms with Gasteiger partial charge in [0.25, 0.3) is 0 Å². The quantitative estimate of drug-likeness (QED) is 0.539. The first-order chi connectivity index (χ1) is 9.90. The number of benzene rings is 1. The lowest BCUT2D eigenvalue weighted by molar-refractivity contribution is -0.143. The fourth-order valence-electron chi connectivity index (χ4n) is 1.73. The van der Waals surface area contributed by atoms with Gasteiger partial charge in [-0.25, -0.2) is 0 Å². The highest BCUT2D eigenvalue weighted by Crippen LogP contribution is 2.22. The molecule has 0 saturated heterocycles. The second kappa shape index (κ2) is 8.54. The van der Waals surface area contributed by atoms with Crippen LogP contribution in [0.15, 0.2) is 24.3 Å². The molecule has 0 aliphatic rings. The average Bonchev–Trinajstić information content (AvgIpc) is 2.41. The molecule has 0 aliphatic heterocycles. The molecular weight excluding hydrogens is 285 g/mol. The van der Waals surface area contributed by atoms with Gasteiger partial charge in [-0.05, 0) is 37.5 Å². The molecule has 1 rings (SSSR count). The zero-order chi connectivity index (χ0) is 15.7. The van der Waals surface area contributed by atoms with E-state index in [-0.39, 0.29) is 25.4 Å². The van der Waals surface area contributed by atoms with E-state index in [9.17, 15) is 18.0 Å². The molecule has 0 N–H and O–H groups in total. The summed E-state index contributed by atoms with van der Waals surface area (Å²) in [5.41, 5.74) is 0.886. The predicted molar refractivity (Wildman–Crippen MR) is 72.2 cm³/mol. The summed E-state index contributed by atoms with van der Waals surface area (Å²) in [6, 6.07) is 7.00. The molecule has 0 saturated carbocycles. The van der Waals surface area contributed by atoms with Crippen LogP contribution in [0.25, 0.3) is 0 Å². The lowest BCUT2D eigenvalue weighted by Crippen LogP contribution is -2.09. The molecular formula is C15H19F3O3. The van der Waals surface area contributed by atoms with Crippen LogP contribution >= 0.6 is 0 Å². The van der Waals surface area contributed by atoms with Gasteiger partial charge in [-0.3, -0.25) is 4.79 Å². The minimum absolute atomic E-state index is 0.0147. The Labute approximate surface area is 122 Å². The summed E-state index contributed by atoms with van der Waals surface area (Å²) in [5.74, 6) is 0.243. The summed E-state index contributed by atoms with van der Waals surface area (Å²) in [4.78, 5) is 11.2. The van der Waals surface area contributed by atoms with Gasteiger partial charge >= 0.3 is 12.1 Å². The second-order valence-electron chi connectivity index (χ2n) is 4.52. The zero-order valence-corrected chi connectivity index (χ0v) is 11.9. The van der Waals surface area contributed by atoms with Gasteiger partial charge in [-0.15, -0.1) is 0 Å². The van der Waals surface area contributed by atoms with Gasteiger partial charge in [0.1, 0.15) is 5.75 Å². The van der Waals surface area contributed by atoms with E-state index in [4.69, 9.17) is 9.47 Å². The standard InChI is InChI=1S/C15H19F3O3/c1-2-20-14(19)8-7-12-5-3-6-13(11-12)21-10-4-9-15(16,17)18/h3,5-6,11H,2,4,7-10H2,1H3. The third kappa shape index (κ3) is 8.22. The van der Waals surface area contributed by atoms with Crippen LogP contribution in [0.5, 0.6) is 5.75 Å². The Bertz CT molecular complexity index is 444. The maximum atomic E-state index is 12.0. The summed E-state index contributed by atoms with van der Waals surface area (Å²) in [5, 5.41) is 0. The fourth-order valence-corrected chi connectivity index (χ4v) is 1.73. The van der Waals surface area contributed by atoms with Crippen molar-refractivity contribution in [3.8, 4) is 5.75 Å². The number of hydrogen-bond donors (Lipinski definition) is 0. The predicted octanol–water partition coefficient (Wildman–Crippen LogP) is 3.90. The highest BCUT2D eigenvalue weighted by molar-refractivity contribution is 5.69. The van der Waals surface area contributed by atoms with E-state index in [2.05, 4.69) is 0 Å². The number of hydrogen-bond acceptors (Lipinski definition) is 3. The van der Waals surface area contributed by atoms with Crippen molar-refractivity contribution in [1.29, 1.82) is 0 Å². The summed E-state index contributed by atoms with van der Waals surface area (Å²) >= 11 is 0. The molecule has 1 aromatic carbocycles. The highest BCUT2D eigenvalue weighted by atomic mass is 19.4. The van der Waals surface area contributed by atoms with E-state index in [0.29, 0.717) is 18.8 Å². The van der Waals surface area contributed by atoms with Gasteiger partial charge in [-0.1, -0.05) is 12.1 Å². The third-order valence-electron chi connectivity index (χ3n) is 2.69. The van der Waals surface area contributed by atoms with Gasteiger partial charge in [0.2, 0.25) is 0 Å². The van der Waals surface area contributed by atoms with E-state index >= 15 is 0 Å². The first-order valence-corrected chi connectivity index (χ1v) is 6.85. The molecule has 3 nitrogen and oxygen atoms in total. The zero-order valence-electron chi connectivity index (χ0n) is 11.9. The van der Waals surface area contributed by atoms with Crippen molar-refractivity contribution in [3.05, 3.63) is 29.8 Å². The van der Waals surface area contributed by atoms with Crippen LogP contribution in [-0.4, -0.2) is 25.4 Å². The van der Waals surface area contributed by atoms with Gasteiger partial charge in [0.15, 0.2) is 0 Å². The van der Waals surface area contributed by atoms with Gasteiger partial charge in [-0.2, -0.15) is 13.2 Å². The van der Waals surface area contributed by atoms with Crippen LogP contribution in [0.2, 0.25) is 0 Å². The summed E-state index contributed by atoms with van der Waals surface area (Å²) < 4.78 is 46.1. The van der Waals surface area contributed by atoms with Crippen molar-refractivity contribution in [3.63, 3.8) is 0 Å². The first kappa shape index (κ1) is 17.3. The van der Waals surface area contributed by atoms with E-state index < -0.39 is 12.6 Å². The lowest BCUT2D eigenvalue weighted by atomic mass is 10.1. The number of aryl methyl sites for hydroxylation is 1. The summed E-state index contributed by atoms with van der Waals surface area (Å²) in [6.07, 6.45) is -4.29. The molecule has 1 aromatic rings. The molecule has 0 aromatic heterocycles. The van der Waals surface area contributed by atoms with E-state index in [1.54, 1.807) is 25.1 Å². The topological polar surface area (TPSA) is 35.5 Å². The molecule has 0 spiro atoms. The highest BCUT2D eigenvalue weighted by Gasteiger charge is 2.26. The molecule has 118 valence electrons. The van der Waals surface area contributed by atoms with E-state index in [1.165, 1.54) is 0 Å². The van der Waals surface area contributed by atoms with Crippen molar-refractivity contribution >= 4 is 5.97 Å². The van der Waals surface area contributed by atoms with Gasteiger partial charge in [0.05, 0.1) is 13.2 Å². The lowest BCUT2D eigenvalue weighted by Gasteiger charge is -2.09. The van der Waals surface area contributed by atoms with Crippen LogP contribution in [-0.2, 0) is 16.0 Å². The molecule has 0 fully saturated rings. The molecule has 0 bridgehead atoms. The molecule has 21 heavy (non-hydrogen) atoms. The Hall–Kier alpha value is -1.72. The third-order valence-corrected chi connectivity index (χ3v) is 2.69. The minimum atomic E-state index is -4.15. The van der Waals surface area contributed by atoms with Crippen LogP contribution in [0, 0.1) is 0 Å². The van der Waals surface area contributed by atoms with Crippen molar-refractivity contribution in [1.82, 2.24) is 0 Å². The van der Waals surface area contributed by atoms with Gasteiger partial charge < -0.3 is 9.47 Å². The monoisotopic (exact) mass is 304 g/mol. The number of esters is 1. The van der Waals surface area contributed by atoms with E-state index in [0.717, 1.165) is 5.56 Å². The Balaban J connectivity index is 2.36. The Kier molecular flexibility index (Phi) is 7.05. The van der Waals surface area contributed by atoms with Crippen LogP contribution in [0.3, 0.4) is 0 Å². The molecule has 0 atom stereocenters. The number of ether oxygens (including phenoxy) is 2. The molecule has 0 aliphatic carbocycles. The largest absolute Gasteiger partial charge is 0.494 e. The maximum absolute atomic E-state index is 12.0. The van der Waals surface area contributed by atoms with Gasteiger partial charge in [0, 0.05) is 12.8 Å². The molecule has 0 amide bonds. The summed E-state index contributed by atoms with van der Waals surface area (Å²) in [6.45, 7) is 2.11. The van der Waals surface area contributed by atoms with Crippen molar-refractivity contribution < 1.29 is 27.4 Å². The van der Waals surface area contributed by atoms with Crippen LogP contribution in [0.1, 0.15) is 31.7 Å². The normalized spacial score (nSPS) is 11.2. The van der Waals surface area contributed by atoms with Crippen LogP contribution in [0.4, 0.5) is 13.2 Å². The van der Waals surface area contributed by atoms with Crippen molar-refractivity contribution in [2.45, 2.75) is 38.8 Å². The Morgan fingerprint density at radius 2 is 2.05 bits per heavy atom. The number of carbonyl (C=O) groups excluding carboxylic acids is 1.